The third-order valence-corrected chi connectivity index (χ3v) is 2.59. The van der Waals surface area contributed by atoms with E-state index in [0.717, 1.165) is 19.2 Å². The summed E-state index contributed by atoms with van der Waals surface area (Å²) in [6, 6.07) is 1.72. The van der Waals surface area contributed by atoms with Gasteiger partial charge in [-0.2, -0.15) is 0 Å². The van der Waals surface area contributed by atoms with E-state index >= 15 is 0 Å². The van der Waals surface area contributed by atoms with Gasteiger partial charge in [0.2, 0.25) is 0 Å². The minimum atomic E-state index is -0.922. The molecule has 1 aromatic carbocycles. The topological polar surface area (TPSA) is 75.6 Å². The van der Waals surface area contributed by atoms with Crippen molar-refractivity contribution < 1.29 is 28.2 Å². The Balaban J connectivity index is 2.64. The smallest absolute Gasteiger partial charge is 0.303 e. The largest absolute Gasteiger partial charge is 0.493 e. The molecular formula is C13H15F2NO4. The minimum Gasteiger partial charge on any atom is -0.493 e. The van der Waals surface area contributed by atoms with Crippen LogP contribution >= 0.6 is 0 Å². The third kappa shape index (κ3) is 4.18. The van der Waals surface area contributed by atoms with Gasteiger partial charge in [-0.1, -0.05) is 0 Å². The first-order valence-electron chi connectivity index (χ1n) is 5.99. The zero-order valence-corrected chi connectivity index (χ0v) is 10.9. The fraction of sp³-hybridized carbons (Fsp3) is 0.385. The van der Waals surface area contributed by atoms with Crippen LogP contribution in [-0.4, -0.2) is 30.6 Å². The first kappa shape index (κ1) is 15.9. The SMILES string of the molecule is COc1c(F)ccc(F)c1C(=O)NCCCCC(=O)O. The number of hydrogen-bond donors (Lipinski definition) is 2. The standard InChI is InChI=1S/C13H15F2NO4/c1-20-12-9(15)6-5-8(14)11(12)13(19)16-7-3-2-4-10(17)18/h5-6H,2-4,7H2,1H3,(H,16,19)(H,17,18). The van der Waals surface area contributed by atoms with E-state index in [2.05, 4.69) is 10.1 Å². The van der Waals surface area contributed by atoms with Crippen molar-refractivity contribution in [3.8, 4) is 5.75 Å². The summed E-state index contributed by atoms with van der Waals surface area (Å²) in [5.41, 5.74) is -0.495. The molecule has 2 N–H and O–H groups in total. The number of carbonyl (C=O) groups excluding carboxylic acids is 1. The molecule has 0 radical (unpaired) electrons. The summed E-state index contributed by atoms with van der Waals surface area (Å²) in [6.45, 7) is 0.172. The van der Waals surface area contributed by atoms with Crippen LogP contribution in [-0.2, 0) is 4.79 Å². The molecule has 0 saturated heterocycles. The molecule has 0 heterocycles. The maximum atomic E-state index is 13.6. The molecule has 1 amide bonds. The highest BCUT2D eigenvalue weighted by atomic mass is 19.1. The number of aliphatic carboxylic acids is 1. The van der Waals surface area contributed by atoms with Crippen LogP contribution < -0.4 is 10.1 Å². The predicted octanol–water partition coefficient (Wildman–Crippen LogP) is 1.96. The van der Waals surface area contributed by atoms with Crippen molar-refractivity contribution in [2.45, 2.75) is 19.3 Å². The average molecular weight is 287 g/mol. The van der Waals surface area contributed by atoms with Crippen molar-refractivity contribution in [1.82, 2.24) is 5.32 Å². The number of carboxylic acids is 1. The molecule has 0 aliphatic heterocycles. The van der Waals surface area contributed by atoms with Gasteiger partial charge in [-0.25, -0.2) is 8.78 Å². The molecule has 0 unspecified atom stereocenters. The van der Waals surface area contributed by atoms with Gasteiger partial charge in [-0.05, 0) is 25.0 Å². The lowest BCUT2D eigenvalue weighted by molar-refractivity contribution is -0.137. The minimum absolute atomic E-state index is 0.00643. The number of carboxylic acid groups (broad SMARTS) is 1. The van der Waals surface area contributed by atoms with Crippen molar-refractivity contribution in [3.63, 3.8) is 0 Å². The molecule has 5 nitrogen and oxygen atoms in total. The van der Waals surface area contributed by atoms with E-state index in [9.17, 15) is 18.4 Å². The Kier molecular flexibility index (Phi) is 5.89. The number of amides is 1. The number of nitrogens with one attached hydrogen (secondary N) is 1. The first-order chi connectivity index (χ1) is 9.47. The van der Waals surface area contributed by atoms with Gasteiger partial charge >= 0.3 is 5.97 Å². The molecule has 1 aromatic rings. The maximum Gasteiger partial charge on any atom is 0.303 e. The highest BCUT2D eigenvalue weighted by molar-refractivity contribution is 5.97. The molecular weight excluding hydrogens is 272 g/mol. The molecule has 0 aromatic heterocycles. The number of hydrogen-bond acceptors (Lipinski definition) is 3. The molecule has 1 rings (SSSR count). The van der Waals surface area contributed by atoms with Crippen molar-refractivity contribution >= 4 is 11.9 Å². The summed E-state index contributed by atoms with van der Waals surface area (Å²) in [5.74, 6) is -3.88. The Morgan fingerprint density at radius 3 is 2.50 bits per heavy atom. The number of methoxy groups -OCH3 is 1. The van der Waals surface area contributed by atoms with Crippen LogP contribution in [0.5, 0.6) is 5.75 Å². The second kappa shape index (κ2) is 7.42. The normalized spacial score (nSPS) is 10.2. The summed E-state index contributed by atoms with van der Waals surface area (Å²) >= 11 is 0. The number of halogens is 2. The molecule has 0 aliphatic carbocycles. The van der Waals surface area contributed by atoms with E-state index in [4.69, 9.17) is 5.11 Å². The molecule has 0 fully saturated rings. The zero-order valence-electron chi connectivity index (χ0n) is 10.9. The Hall–Kier alpha value is -2.18. The lowest BCUT2D eigenvalue weighted by Gasteiger charge is -2.10. The number of benzene rings is 1. The van der Waals surface area contributed by atoms with Crippen molar-refractivity contribution in [2.24, 2.45) is 0 Å². The highest BCUT2D eigenvalue weighted by Gasteiger charge is 2.20. The van der Waals surface area contributed by atoms with Crippen LogP contribution in [0.15, 0.2) is 12.1 Å². The maximum absolute atomic E-state index is 13.6. The van der Waals surface area contributed by atoms with Crippen LogP contribution in [0.2, 0.25) is 0 Å². The van der Waals surface area contributed by atoms with Crippen molar-refractivity contribution in [1.29, 1.82) is 0 Å². The van der Waals surface area contributed by atoms with Gasteiger partial charge in [0.15, 0.2) is 11.6 Å². The van der Waals surface area contributed by atoms with Gasteiger partial charge in [0.25, 0.3) is 5.91 Å². The van der Waals surface area contributed by atoms with Gasteiger partial charge in [0.05, 0.1) is 7.11 Å². The number of rotatable bonds is 7. The molecule has 0 saturated carbocycles. The Morgan fingerprint density at radius 2 is 1.90 bits per heavy atom. The van der Waals surface area contributed by atoms with Crippen LogP contribution in [0, 0.1) is 11.6 Å². The lowest BCUT2D eigenvalue weighted by Crippen LogP contribution is -2.26. The molecule has 7 heteroatoms. The van der Waals surface area contributed by atoms with Crippen molar-refractivity contribution in [3.05, 3.63) is 29.3 Å². The monoisotopic (exact) mass is 287 g/mol. The summed E-state index contributed by atoms with van der Waals surface area (Å²) in [5, 5.41) is 10.8. The second-order valence-corrected chi connectivity index (χ2v) is 4.04. The van der Waals surface area contributed by atoms with Crippen molar-refractivity contribution in [2.75, 3.05) is 13.7 Å². The van der Waals surface area contributed by atoms with Gasteiger partial charge < -0.3 is 15.2 Å². The Labute approximate surface area is 114 Å². The average Bonchev–Trinajstić information content (AvgIpc) is 2.39. The van der Waals surface area contributed by atoms with E-state index in [0.29, 0.717) is 12.8 Å². The van der Waals surface area contributed by atoms with Gasteiger partial charge in [-0.3, -0.25) is 9.59 Å². The summed E-state index contributed by atoms with van der Waals surface area (Å²) < 4.78 is 31.6. The molecule has 0 atom stereocenters. The van der Waals surface area contributed by atoms with Crippen LogP contribution in [0.3, 0.4) is 0 Å². The summed E-state index contributed by atoms with van der Waals surface area (Å²) in [7, 11) is 1.14. The Morgan fingerprint density at radius 1 is 1.25 bits per heavy atom. The van der Waals surface area contributed by atoms with E-state index in [1.54, 1.807) is 0 Å². The molecule has 20 heavy (non-hydrogen) atoms. The van der Waals surface area contributed by atoms with Crippen LogP contribution in [0.25, 0.3) is 0 Å². The van der Waals surface area contributed by atoms with Crippen LogP contribution in [0.4, 0.5) is 8.78 Å². The Bertz CT molecular complexity index is 505. The predicted molar refractivity (Wildman–Crippen MR) is 66.7 cm³/mol. The summed E-state index contributed by atoms with van der Waals surface area (Å²) in [4.78, 5) is 22.1. The van der Waals surface area contributed by atoms with E-state index in [1.165, 1.54) is 0 Å². The van der Waals surface area contributed by atoms with E-state index < -0.39 is 34.8 Å². The quantitative estimate of drug-likeness (QED) is 0.752. The molecule has 110 valence electrons. The second-order valence-electron chi connectivity index (χ2n) is 4.04. The van der Waals surface area contributed by atoms with E-state index in [-0.39, 0.29) is 13.0 Å². The molecule has 0 bridgehead atoms. The number of ether oxygens (including phenoxy) is 1. The third-order valence-electron chi connectivity index (χ3n) is 2.59. The van der Waals surface area contributed by atoms with Gasteiger partial charge in [0.1, 0.15) is 11.4 Å². The van der Waals surface area contributed by atoms with Gasteiger partial charge in [0, 0.05) is 13.0 Å². The van der Waals surface area contributed by atoms with E-state index in [1.807, 2.05) is 0 Å². The fourth-order valence-electron chi connectivity index (χ4n) is 1.64. The number of unbranched alkanes of at least 4 members (excludes halogenated alkanes) is 1. The zero-order chi connectivity index (χ0) is 15.1. The lowest BCUT2D eigenvalue weighted by atomic mass is 10.1. The number of carbonyl (C=O) groups is 2. The molecule has 0 spiro atoms. The van der Waals surface area contributed by atoms with Gasteiger partial charge in [-0.15, -0.1) is 0 Å². The van der Waals surface area contributed by atoms with Crippen LogP contribution in [0.1, 0.15) is 29.6 Å². The highest BCUT2D eigenvalue weighted by Crippen LogP contribution is 2.25. The summed E-state index contributed by atoms with van der Waals surface area (Å²) in [6.07, 6.45) is 0.809. The molecule has 0 aliphatic rings. The first-order valence-corrected chi connectivity index (χ1v) is 5.99. The fourth-order valence-corrected chi connectivity index (χ4v) is 1.64.